The van der Waals surface area contributed by atoms with Gasteiger partial charge in [-0.3, -0.25) is 4.67 Å². The van der Waals surface area contributed by atoms with Crippen molar-refractivity contribution >= 4 is 24.6 Å². The van der Waals surface area contributed by atoms with E-state index in [1.807, 2.05) is 12.1 Å². The van der Waals surface area contributed by atoms with E-state index in [9.17, 15) is 0 Å². The third kappa shape index (κ3) is 3.70. The summed E-state index contributed by atoms with van der Waals surface area (Å²) in [4.78, 5) is 5.09. The zero-order valence-electron chi connectivity index (χ0n) is 19.4. The van der Waals surface area contributed by atoms with Gasteiger partial charge in [-0.2, -0.15) is 0 Å². The van der Waals surface area contributed by atoms with E-state index in [1.165, 1.54) is 29.9 Å². The molecule has 2 aliphatic heterocycles. The third-order valence-electron chi connectivity index (χ3n) is 7.13. The van der Waals surface area contributed by atoms with Crippen molar-refractivity contribution in [3.05, 3.63) is 48.5 Å². The SMILES string of the molecule is COc1ccccc1P(c1ccccc1OC)N1[C@H]2CC[C@H](C2)[C@@H]1C1=N[C@@H](C(C)C)CO1. The van der Waals surface area contributed by atoms with Crippen molar-refractivity contribution in [1.29, 1.82) is 0 Å². The summed E-state index contributed by atoms with van der Waals surface area (Å²) in [5.41, 5.74) is 0. The lowest BCUT2D eigenvalue weighted by Gasteiger charge is -2.41. The Morgan fingerprint density at radius 3 is 2.16 bits per heavy atom. The van der Waals surface area contributed by atoms with Crippen molar-refractivity contribution in [3.8, 4) is 11.5 Å². The quantitative estimate of drug-likeness (QED) is 0.586. The summed E-state index contributed by atoms with van der Waals surface area (Å²) in [7, 11) is 2.64. The number of benzene rings is 2. The molecule has 2 bridgehead atoms. The first-order valence-electron chi connectivity index (χ1n) is 11.7. The van der Waals surface area contributed by atoms with E-state index >= 15 is 0 Å². The van der Waals surface area contributed by atoms with E-state index in [4.69, 9.17) is 19.2 Å². The molecule has 1 aliphatic carbocycles. The molecule has 2 heterocycles. The predicted molar refractivity (Wildman–Crippen MR) is 131 cm³/mol. The lowest BCUT2D eigenvalue weighted by Crippen LogP contribution is -2.46. The molecule has 0 aromatic heterocycles. The monoisotopic (exact) mass is 452 g/mol. The van der Waals surface area contributed by atoms with Crippen LogP contribution < -0.4 is 20.1 Å². The van der Waals surface area contributed by atoms with Gasteiger partial charge in [-0.1, -0.05) is 38.1 Å². The molecule has 2 fully saturated rings. The van der Waals surface area contributed by atoms with Crippen LogP contribution in [0.25, 0.3) is 0 Å². The van der Waals surface area contributed by atoms with Crippen molar-refractivity contribution in [2.75, 3.05) is 20.8 Å². The Bertz CT molecular complexity index is 947. The summed E-state index contributed by atoms with van der Waals surface area (Å²) in [6, 6.07) is 17.9. The van der Waals surface area contributed by atoms with Crippen molar-refractivity contribution < 1.29 is 14.2 Å². The molecule has 2 aromatic rings. The van der Waals surface area contributed by atoms with Crippen LogP contribution in [0, 0.1) is 11.8 Å². The number of ether oxygens (including phenoxy) is 3. The van der Waals surface area contributed by atoms with Crippen LogP contribution in [0.5, 0.6) is 11.5 Å². The number of methoxy groups -OCH3 is 2. The molecular weight excluding hydrogens is 419 g/mol. The van der Waals surface area contributed by atoms with Crippen molar-refractivity contribution in [1.82, 2.24) is 4.67 Å². The van der Waals surface area contributed by atoms with E-state index in [0.29, 0.717) is 24.5 Å². The highest BCUT2D eigenvalue weighted by atomic mass is 31.1. The van der Waals surface area contributed by atoms with Gasteiger partial charge < -0.3 is 14.2 Å². The number of piperidine rings is 1. The molecule has 6 heteroatoms. The van der Waals surface area contributed by atoms with Gasteiger partial charge in [0.2, 0.25) is 5.90 Å². The zero-order chi connectivity index (χ0) is 22.2. The van der Waals surface area contributed by atoms with Gasteiger partial charge in [0, 0.05) is 24.7 Å². The largest absolute Gasteiger partial charge is 0.496 e. The second-order valence-electron chi connectivity index (χ2n) is 9.30. The molecule has 2 aromatic carbocycles. The van der Waals surface area contributed by atoms with Gasteiger partial charge in [0.25, 0.3) is 0 Å². The molecule has 5 rings (SSSR count). The summed E-state index contributed by atoms with van der Waals surface area (Å²) in [6.07, 6.45) is 3.69. The first-order valence-corrected chi connectivity index (χ1v) is 13.0. The number of hydrogen-bond donors (Lipinski definition) is 0. The second kappa shape index (κ2) is 9.03. The predicted octanol–water partition coefficient (Wildman–Crippen LogP) is 4.36. The van der Waals surface area contributed by atoms with Crippen LogP contribution in [-0.2, 0) is 4.74 Å². The molecule has 0 radical (unpaired) electrons. The maximum Gasteiger partial charge on any atom is 0.202 e. The van der Waals surface area contributed by atoms with Crippen LogP contribution in [0.15, 0.2) is 53.5 Å². The van der Waals surface area contributed by atoms with E-state index in [1.54, 1.807) is 14.2 Å². The zero-order valence-corrected chi connectivity index (χ0v) is 20.3. The van der Waals surface area contributed by atoms with E-state index in [-0.39, 0.29) is 12.1 Å². The fourth-order valence-electron chi connectivity index (χ4n) is 5.46. The summed E-state index contributed by atoms with van der Waals surface area (Å²) in [5.74, 6) is 3.90. The smallest absolute Gasteiger partial charge is 0.202 e. The van der Waals surface area contributed by atoms with Gasteiger partial charge in [0.05, 0.1) is 26.3 Å². The highest BCUT2D eigenvalue weighted by Gasteiger charge is 2.53. The number of nitrogens with zero attached hydrogens (tertiary/aromatic N) is 2. The first kappa shape index (κ1) is 21.7. The lowest BCUT2D eigenvalue weighted by molar-refractivity contribution is 0.241. The van der Waals surface area contributed by atoms with Crippen LogP contribution in [0.4, 0.5) is 0 Å². The normalized spacial score (nSPS) is 27.1. The Kier molecular flexibility index (Phi) is 6.14. The number of fused-ring (bicyclic) bond motifs is 2. The summed E-state index contributed by atoms with van der Waals surface area (Å²) < 4.78 is 20.7. The van der Waals surface area contributed by atoms with Crippen LogP contribution >= 0.6 is 8.07 Å². The molecule has 0 spiro atoms. The molecule has 1 saturated heterocycles. The highest BCUT2D eigenvalue weighted by Crippen LogP contribution is 2.56. The van der Waals surface area contributed by atoms with Gasteiger partial charge in [0.1, 0.15) is 18.1 Å². The molecular formula is C26H33N2O3P. The van der Waals surface area contributed by atoms with Gasteiger partial charge in [0.15, 0.2) is 0 Å². The Labute approximate surface area is 192 Å². The summed E-state index contributed by atoms with van der Waals surface area (Å²) in [5, 5.41) is 2.46. The summed E-state index contributed by atoms with van der Waals surface area (Å²) >= 11 is 0. The molecule has 32 heavy (non-hydrogen) atoms. The van der Waals surface area contributed by atoms with Gasteiger partial charge in [-0.05, 0) is 55.4 Å². The Balaban J connectivity index is 1.64. The van der Waals surface area contributed by atoms with Crippen LogP contribution in [0.2, 0.25) is 0 Å². The summed E-state index contributed by atoms with van der Waals surface area (Å²) in [6.45, 7) is 5.17. The van der Waals surface area contributed by atoms with Crippen LogP contribution in [0.3, 0.4) is 0 Å². The van der Waals surface area contributed by atoms with E-state index in [2.05, 4.69) is 54.9 Å². The van der Waals surface area contributed by atoms with E-state index in [0.717, 1.165) is 17.4 Å². The average molecular weight is 453 g/mol. The lowest BCUT2D eigenvalue weighted by atomic mass is 10.00. The molecule has 170 valence electrons. The van der Waals surface area contributed by atoms with Gasteiger partial charge >= 0.3 is 0 Å². The maximum absolute atomic E-state index is 6.28. The van der Waals surface area contributed by atoms with E-state index < -0.39 is 8.07 Å². The average Bonchev–Trinajstić information content (AvgIpc) is 3.56. The fraction of sp³-hybridized carbons (Fsp3) is 0.500. The van der Waals surface area contributed by atoms with Crippen molar-refractivity contribution in [2.24, 2.45) is 16.8 Å². The molecule has 0 N–H and O–H groups in total. The van der Waals surface area contributed by atoms with Gasteiger partial charge in [-0.15, -0.1) is 0 Å². The number of rotatable bonds is 7. The number of para-hydroxylation sites is 2. The standard InChI is InChI=1S/C26H33N2O3P/c1-17(2)20-16-31-26(27-20)25-18-13-14-19(15-18)28(25)32(23-11-7-5-9-21(23)29-3)24-12-8-6-10-22(24)30-4/h5-12,17-20,25H,13-16H2,1-4H3/t18-,19+,20-,25-/m1/s1. The second-order valence-corrected chi connectivity index (χ2v) is 11.3. The van der Waals surface area contributed by atoms with Crippen molar-refractivity contribution in [3.63, 3.8) is 0 Å². The minimum Gasteiger partial charge on any atom is -0.496 e. The molecule has 0 unspecified atom stereocenters. The molecule has 4 atom stereocenters. The molecule has 3 aliphatic rings. The van der Waals surface area contributed by atoms with Crippen molar-refractivity contribution in [2.45, 2.75) is 51.2 Å². The number of hydrogen-bond acceptors (Lipinski definition) is 5. The van der Waals surface area contributed by atoms with Crippen LogP contribution in [0.1, 0.15) is 33.1 Å². The first-order chi connectivity index (χ1) is 15.6. The molecule has 1 saturated carbocycles. The fourth-order valence-corrected chi connectivity index (χ4v) is 8.50. The highest BCUT2D eigenvalue weighted by molar-refractivity contribution is 7.71. The third-order valence-corrected chi connectivity index (χ3v) is 9.82. The molecule has 0 amide bonds. The maximum atomic E-state index is 6.28. The topological polar surface area (TPSA) is 43.3 Å². The van der Waals surface area contributed by atoms with Crippen LogP contribution in [-0.4, -0.2) is 49.5 Å². The minimum atomic E-state index is -0.882. The minimum absolute atomic E-state index is 0.221. The Morgan fingerprint density at radius 1 is 0.969 bits per heavy atom. The molecule has 5 nitrogen and oxygen atoms in total. The number of aliphatic imine (C=N–C) groups is 1. The Morgan fingerprint density at radius 2 is 1.59 bits per heavy atom. The van der Waals surface area contributed by atoms with Gasteiger partial charge in [-0.25, -0.2) is 4.99 Å². The Hall–Kier alpha value is -2.10.